The monoisotopic (exact) mass is 256 g/mol. The van der Waals surface area contributed by atoms with Crippen molar-refractivity contribution in [3.05, 3.63) is 40.8 Å². The maximum atomic E-state index is 6.15. The van der Waals surface area contributed by atoms with E-state index in [0.29, 0.717) is 10.7 Å². The molecule has 1 aliphatic heterocycles. The molecular weight excluding hydrogens is 247 g/mol. The molecule has 6 heteroatoms. The van der Waals surface area contributed by atoms with Gasteiger partial charge >= 0.3 is 0 Å². The zero-order valence-corrected chi connectivity index (χ0v) is 9.78. The highest BCUT2D eigenvalue weighted by Gasteiger charge is 2.24. The molecular formula is C10H10Cl2N4. The molecule has 0 radical (unpaired) electrons. The fourth-order valence-corrected chi connectivity index (χ4v) is 1.88. The zero-order valence-electron chi connectivity index (χ0n) is 8.27. The van der Waals surface area contributed by atoms with Gasteiger partial charge < -0.3 is 16.4 Å². The van der Waals surface area contributed by atoms with Crippen molar-refractivity contribution in [2.24, 2.45) is 16.5 Å². The van der Waals surface area contributed by atoms with Crippen molar-refractivity contribution < 1.29 is 0 Å². The van der Waals surface area contributed by atoms with Crippen LogP contribution in [0.3, 0.4) is 0 Å². The van der Waals surface area contributed by atoms with Crippen LogP contribution in [0.4, 0.5) is 5.69 Å². The number of hydrogen-bond donors (Lipinski definition) is 2. The SMILES string of the molecule is NC1=C(N)C(Cl)N(c2ccccc2Cl)C=N1. The second-order valence-electron chi connectivity index (χ2n) is 3.28. The summed E-state index contributed by atoms with van der Waals surface area (Å²) in [5, 5.41) is 0.577. The molecule has 0 amide bonds. The summed E-state index contributed by atoms with van der Waals surface area (Å²) in [6, 6.07) is 7.30. The molecule has 0 spiro atoms. The number of nitrogens with two attached hydrogens (primary N) is 2. The van der Waals surface area contributed by atoms with Crippen LogP contribution in [-0.2, 0) is 0 Å². The van der Waals surface area contributed by atoms with Gasteiger partial charge in [-0.1, -0.05) is 35.3 Å². The fraction of sp³-hybridized carbons (Fsp3) is 0.100. The summed E-state index contributed by atoms with van der Waals surface area (Å²) in [5.41, 5.74) is 11.8. The Bertz CT molecular complexity index is 470. The van der Waals surface area contributed by atoms with E-state index < -0.39 is 5.50 Å². The van der Waals surface area contributed by atoms with E-state index in [9.17, 15) is 0 Å². The summed E-state index contributed by atoms with van der Waals surface area (Å²) < 4.78 is 0. The number of halogens is 2. The first-order chi connectivity index (χ1) is 7.61. The fourth-order valence-electron chi connectivity index (χ4n) is 1.37. The van der Waals surface area contributed by atoms with Crippen LogP contribution in [0.1, 0.15) is 0 Å². The lowest BCUT2D eigenvalue weighted by molar-refractivity contribution is 0.915. The van der Waals surface area contributed by atoms with Crippen LogP contribution in [-0.4, -0.2) is 11.8 Å². The number of alkyl halides is 1. The molecule has 1 aromatic rings. The van der Waals surface area contributed by atoms with Gasteiger partial charge in [-0.3, -0.25) is 0 Å². The first-order valence-corrected chi connectivity index (χ1v) is 5.39. The molecule has 1 aliphatic rings. The molecule has 1 aromatic carbocycles. The molecule has 16 heavy (non-hydrogen) atoms. The summed E-state index contributed by atoms with van der Waals surface area (Å²) in [7, 11) is 0. The second-order valence-corrected chi connectivity index (χ2v) is 4.10. The smallest absolute Gasteiger partial charge is 0.153 e. The largest absolute Gasteiger partial charge is 0.396 e. The Morgan fingerprint density at radius 1 is 1.25 bits per heavy atom. The molecule has 0 fully saturated rings. The summed E-state index contributed by atoms with van der Waals surface area (Å²) in [4.78, 5) is 5.61. The van der Waals surface area contributed by atoms with Crippen molar-refractivity contribution in [2.75, 3.05) is 4.90 Å². The predicted octanol–water partition coefficient (Wildman–Crippen LogP) is 1.84. The molecule has 1 unspecified atom stereocenters. The Labute approximate surface area is 103 Å². The van der Waals surface area contributed by atoms with Crippen LogP contribution >= 0.6 is 23.2 Å². The highest BCUT2D eigenvalue weighted by atomic mass is 35.5. The minimum absolute atomic E-state index is 0.239. The first-order valence-electron chi connectivity index (χ1n) is 4.57. The second kappa shape index (κ2) is 4.23. The Morgan fingerprint density at radius 3 is 2.62 bits per heavy atom. The van der Waals surface area contributed by atoms with E-state index in [4.69, 9.17) is 34.7 Å². The Balaban J connectivity index is 2.39. The van der Waals surface area contributed by atoms with Crippen LogP contribution in [0.25, 0.3) is 0 Å². The van der Waals surface area contributed by atoms with Gasteiger partial charge in [0.1, 0.15) is 5.82 Å². The van der Waals surface area contributed by atoms with Crippen molar-refractivity contribution in [3.8, 4) is 0 Å². The normalized spacial score (nSPS) is 20.4. The highest BCUT2D eigenvalue weighted by molar-refractivity contribution is 6.34. The Morgan fingerprint density at radius 2 is 1.94 bits per heavy atom. The standard InChI is InChI=1S/C10H10Cl2N4/c11-6-3-1-2-4-7(6)16-5-15-10(14)8(13)9(16)12/h1-5,9H,13-14H2. The zero-order chi connectivity index (χ0) is 11.7. The van der Waals surface area contributed by atoms with Gasteiger partial charge in [0.25, 0.3) is 0 Å². The van der Waals surface area contributed by atoms with Crippen molar-refractivity contribution in [1.82, 2.24) is 0 Å². The van der Waals surface area contributed by atoms with E-state index in [0.717, 1.165) is 5.69 Å². The molecule has 2 rings (SSSR count). The third-order valence-corrected chi connectivity index (χ3v) is 3.01. The summed E-state index contributed by atoms with van der Waals surface area (Å²) >= 11 is 12.2. The first kappa shape index (κ1) is 11.1. The van der Waals surface area contributed by atoms with E-state index in [2.05, 4.69) is 4.99 Å². The Kier molecular flexibility index (Phi) is 2.94. The molecule has 0 bridgehead atoms. The lowest BCUT2D eigenvalue weighted by atomic mass is 10.2. The van der Waals surface area contributed by atoms with Gasteiger partial charge in [-0.05, 0) is 12.1 Å². The van der Waals surface area contributed by atoms with Gasteiger partial charge in [-0.2, -0.15) is 0 Å². The summed E-state index contributed by atoms with van der Waals surface area (Å²) in [6.07, 6.45) is 1.52. The molecule has 1 atom stereocenters. The lowest BCUT2D eigenvalue weighted by Gasteiger charge is -2.29. The topological polar surface area (TPSA) is 67.6 Å². The minimum Gasteiger partial charge on any atom is -0.396 e. The predicted molar refractivity (Wildman–Crippen MR) is 67.5 cm³/mol. The van der Waals surface area contributed by atoms with Crippen molar-refractivity contribution in [2.45, 2.75) is 5.50 Å². The molecule has 4 nitrogen and oxygen atoms in total. The number of anilines is 1. The highest BCUT2D eigenvalue weighted by Crippen LogP contribution is 2.30. The molecule has 0 saturated carbocycles. The van der Waals surface area contributed by atoms with Gasteiger partial charge in [0, 0.05) is 0 Å². The lowest BCUT2D eigenvalue weighted by Crippen LogP contribution is -2.39. The number of nitrogens with zero attached hydrogens (tertiary/aromatic N) is 2. The van der Waals surface area contributed by atoms with E-state index in [-0.39, 0.29) is 5.82 Å². The van der Waals surface area contributed by atoms with Crippen molar-refractivity contribution in [1.29, 1.82) is 0 Å². The molecule has 0 saturated heterocycles. The van der Waals surface area contributed by atoms with Crippen LogP contribution < -0.4 is 16.4 Å². The average molecular weight is 257 g/mol. The average Bonchev–Trinajstić information content (AvgIpc) is 2.28. The van der Waals surface area contributed by atoms with Crippen LogP contribution in [0, 0.1) is 0 Å². The minimum atomic E-state index is -0.572. The number of hydrogen-bond acceptors (Lipinski definition) is 4. The quantitative estimate of drug-likeness (QED) is 0.595. The van der Waals surface area contributed by atoms with E-state index >= 15 is 0 Å². The molecule has 0 aliphatic carbocycles. The van der Waals surface area contributed by atoms with Gasteiger partial charge in [-0.25, -0.2) is 4.99 Å². The van der Waals surface area contributed by atoms with Crippen LogP contribution in [0.2, 0.25) is 5.02 Å². The van der Waals surface area contributed by atoms with E-state index in [1.807, 2.05) is 18.2 Å². The van der Waals surface area contributed by atoms with Gasteiger partial charge in [-0.15, -0.1) is 0 Å². The van der Waals surface area contributed by atoms with Crippen molar-refractivity contribution >= 4 is 35.2 Å². The Hall–Kier alpha value is -1.39. The molecule has 4 N–H and O–H groups in total. The molecule has 1 heterocycles. The van der Waals surface area contributed by atoms with Gasteiger partial charge in [0.05, 0.1) is 22.7 Å². The number of para-hydroxylation sites is 1. The van der Waals surface area contributed by atoms with Crippen LogP contribution in [0.15, 0.2) is 40.8 Å². The summed E-state index contributed by atoms with van der Waals surface area (Å²) in [6.45, 7) is 0. The number of aliphatic imine (C=N–C) groups is 1. The third kappa shape index (κ3) is 1.81. The maximum Gasteiger partial charge on any atom is 0.153 e. The van der Waals surface area contributed by atoms with Crippen molar-refractivity contribution in [3.63, 3.8) is 0 Å². The third-order valence-electron chi connectivity index (χ3n) is 2.25. The van der Waals surface area contributed by atoms with E-state index in [1.165, 1.54) is 6.34 Å². The maximum absolute atomic E-state index is 6.15. The molecule has 0 aromatic heterocycles. The molecule has 84 valence electrons. The van der Waals surface area contributed by atoms with Gasteiger partial charge in [0.2, 0.25) is 0 Å². The number of benzene rings is 1. The summed E-state index contributed by atoms with van der Waals surface area (Å²) in [5.74, 6) is 0.239. The van der Waals surface area contributed by atoms with Gasteiger partial charge in [0.15, 0.2) is 5.50 Å². The van der Waals surface area contributed by atoms with Crippen LogP contribution in [0.5, 0.6) is 0 Å². The van der Waals surface area contributed by atoms with E-state index in [1.54, 1.807) is 11.0 Å². The number of rotatable bonds is 1.